The van der Waals surface area contributed by atoms with E-state index in [9.17, 15) is 13.2 Å². The second kappa shape index (κ2) is 9.81. The number of thiophene rings is 1. The van der Waals surface area contributed by atoms with Crippen molar-refractivity contribution in [3.63, 3.8) is 0 Å². The van der Waals surface area contributed by atoms with Gasteiger partial charge < -0.3 is 10.2 Å². The molecule has 1 amide bonds. The van der Waals surface area contributed by atoms with Gasteiger partial charge >= 0.3 is 0 Å². The Labute approximate surface area is 189 Å². The Kier molecular flexibility index (Phi) is 7.11. The Bertz CT molecular complexity index is 1010. The van der Waals surface area contributed by atoms with Crippen molar-refractivity contribution < 1.29 is 13.2 Å². The maximum atomic E-state index is 13.3. The lowest BCUT2D eigenvalue weighted by Crippen LogP contribution is -2.37. The molecule has 0 unspecified atom stereocenters. The molecule has 1 aromatic heterocycles. The third-order valence-electron chi connectivity index (χ3n) is 6.36. The first-order chi connectivity index (χ1) is 14.9. The third kappa shape index (κ3) is 5.19. The topological polar surface area (TPSA) is 69.7 Å². The van der Waals surface area contributed by atoms with Crippen molar-refractivity contribution in [2.24, 2.45) is 5.92 Å². The Morgan fingerprint density at radius 2 is 1.87 bits per heavy atom. The summed E-state index contributed by atoms with van der Waals surface area (Å²) in [5.41, 5.74) is 2.23. The Hall–Kier alpha value is -1.74. The number of hydrogen-bond donors (Lipinski definition) is 1. The van der Waals surface area contributed by atoms with E-state index in [0.717, 1.165) is 37.5 Å². The summed E-state index contributed by atoms with van der Waals surface area (Å²) in [4.78, 5) is 15.6. The first kappa shape index (κ1) is 22.5. The molecule has 8 heteroatoms. The average Bonchev–Trinajstić information content (AvgIpc) is 3.28. The van der Waals surface area contributed by atoms with E-state index in [1.165, 1.54) is 34.0 Å². The highest BCUT2D eigenvalue weighted by Gasteiger charge is 2.32. The van der Waals surface area contributed by atoms with Crippen LogP contribution in [-0.2, 0) is 23.0 Å². The largest absolute Gasteiger partial charge is 0.351 e. The molecule has 1 N–H and O–H groups in total. The quantitative estimate of drug-likeness (QED) is 0.642. The molecule has 0 aliphatic carbocycles. The van der Waals surface area contributed by atoms with Crippen LogP contribution in [0.25, 0.3) is 0 Å². The molecule has 1 fully saturated rings. The van der Waals surface area contributed by atoms with E-state index in [2.05, 4.69) is 17.1 Å². The van der Waals surface area contributed by atoms with Crippen molar-refractivity contribution in [3.05, 3.63) is 51.7 Å². The number of benzene rings is 1. The molecule has 1 saturated heterocycles. The minimum atomic E-state index is -3.72. The van der Waals surface area contributed by atoms with Gasteiger partial charge in [-0.15, -0.1) is 11.3 Å². The molecule has 2 aliphatic rings. The number of nitrogens with one attached hydrogen (secondary N) is 1. The lowest BCUT2D eigenvalue weighted by molar-refractivity contribution is 0.0951. The first-order valence-corrected chi connectivity index (χ1v) is 13.4. The van der Waals surface area contributed by atoms with E-state index in [0.29, 0.717) is 26.1 Å². The number of hydrogen-bond acceptors (Lipinski definition) is 5. The van der Waals surface area contributed by atoms with Crippen LogP contribution < -0.4 is 5.32 Å². The normalized spacial score (nSPS) is 18.6. The summed E-state index contributed by atoms with van der Waals surface area (Å²) in [5, 5.41) is 4.62. The van der Waals surface area contributed by atoms with Gasteiger partial charge in [0.25, 0.3) is 5.91 Å². The maximum absolute atomic E-state index is 13.3. The number of nitrogens with zero attached hydrogens (tertiary/aromatic N) is 2. The van der Waals surface area contributed by atoms with Gasteiger partial charge in [0.2, 0.25) is 10.0 Å². The predicted molar refractivity (Wildman–Crippen MR) is 124 cm³/mol. The molecule has 4 rings (SSSR count). The van der Waals surface area contributed by atoms with E-state index in [1.807, 2.05) is 24.3 Å². The number of rotatable bonds is 7. The maximum Gasteiger partial charge on any atom is 0.262 e. The van der Waals surface area contributed by atoms with Gasteiger partial charge in [-0.05, 0) is 73.8 Å². The van der Waals surface area contributed by atoms with E-state index in [-0.39, 0.29) is 15.7 Å². The number of fused-ring (bicyclic) bond motifs is 1. The van der Waals surface area contributed by atoms with Gasteiger partial charge in [0.15, 0.2) is 0 Å². The lowest BCUT2D eigenvalue weighted by atomic mass is 9.99. The number of carbonyl (C=O) groups is 1. The van der Waals surface area contributed by atoms with Crippen LogP contribution in [0.3, 0.4) is 0 Å². The van der Waals surface area contributed by atoms with Crippen LogP contribution >= 0.6 is 11.3 Å². The van der Waals surface area contributed by atoms with Gasteiger partial charge in [-0.1, -0.05) is 31.2 Å². The van der Waals surface area contributed by atoms with Crippen molar-refractivity contribution >= 4 is 27.3 Å². The zero-order valence-corrected chi connectivity index (χ0v) is 19.7. The van der Waals surface area contributed by atoms with Crippen LogP contribution in [0.5, 0.6) is 0 Å². The zero-order valence-electron chi connectivity index (χ0n) is 18.0. The predicted octanol–water partition coefficient (Wildman–Crippen LogP) is 3.35. The van der Waals surface area contributed by atoms with E-state index in [4.69, 9.17) is 0 Å². The Morgan fingerprint density at radius 1 is 1.13 bits per heavy atom. The van der Waals surface area contributed by atoms with Crippen molar-refractivity contribution in [2.45, 2.75) is 44.0 Å². The molecule has 6 nitrogen and oxygen atoms in total. The van der Waals surface area contributed by atoms with E-state index < -0.39 is 10.0 Å². The highest BCUT2D eigenvalue weighted by atomic mass is 32.2. The molecule has 1 aromatic carbocycles. The van der Waals surface area contributed by atoms with Crippen LogP contribution in [0.1, 0.15) is 47.0 Å². The molecule has 3 heterocycles. The molecule has 31 heavy (non-hydrogen) atoms. The van der Waals surface area contributed by atoms with Gasteiger partial charge in [-0.3, -0.25) is 4.79 Å². The summed E-state index contributed by atoms with van der Waals surface area (Å²) >= 11 is 1.19. The van der Waals surface area contributed by atoms with Crippen LogP contribution in [0.4, 0.5) is 0 Å². The number of sulfonamides is 1. The van der Waals surface area contributed by atoms with E-state index >= 15 is 0 Å². The molecule has 0 saturated carbocycles. The highest BCUT2D eigenvalue weighted by Crippen LogP contribution is 2.29. The van der Waals surface area contributed by atoms with Crippen molar-refractivity contribution in [1.29, 1.82) is 0 Å². The molecule has 0 atom stereocenters. The average molecular weight is 462 g/mol. The molecule has 0 bridgehead atoms. The standard InChI is InChI=1S/C23H31N3O3S2/c1-18-7-13-25(14-8-18)12-4-11-24-23(27)22-21(10-16-30-22)31(28,29)26-15-9-19-5-2-3-6-20(19)17-26/h2-3,5-6,10,16,18H,4,7-9,11-15,17H2,1H3,(H,24,27). The van der Waals surface area contributed by atoms with Gasteiger partial charge in [-0.2, -0.15) is 4.31 Å². The highest BCUT2D eigenvalue weighted by molar-refractivity contribution is 7.89. The molecular formula is C23H31N3O3S2. The van der Waals surface area contributed by atoms with Crippen molar-refractivity contribution in [2.75, 3.05) is 32.7 Å². The second-order valence-corrected chi connectivity index (χ2v) is 11.4. The van der Waals surface area contributed by atoms with Crippen LogP contribution in [0.2, 0.25) is 0 Å². The van der Waals surface area contributed by atoms with Crippen LogP contribution in [0, 0.1) is 5.92 Å². The van der Waals surface area contributed by atoms with Gasteiger partial charge in [0.05, 0.1) is 0 Å². The Balaban J connectivity index is 1.35. The fourth-order valence-electron chi connectivity index (χ4n) is 4.35. The summed E-state index contributed by atoms with van der Waals surface area (Å²) in [6.07, 6.45) is 4.04. The minimum absolute atomic E-state index is 0.124. The van der Waals surface area contributed by atoms with Gasteiger partial charge in [0.1, 0.15) is 9.77 Å². The van der Waals surface area contributed by atoms with Crippen LogP contribution in [0.15, 0.2) is 40.6 Å². The van der Waals surface area contributed by atoms with Gasteiger partial charge in [0, 0.05) is 19.6 Å². The fourth-order valence-corrected chi connectivity index (χ4v) is 7.09. The lowest BCUT2D eigenvalue weighted by Gasteiger charge is -2.30. The SMILES string of the molecule is CC1CCN(CCCNC(=O)c2sccc2S(=O)(=O)N2CCc3ccccc3C2)CC1. The van der Waals surface area contributed by atoms with Crippen LogP contribution in [-0.4, -0.2) is 56.3 Å². The monoisotopic (exact) mass is 461 g/mol. The molecule has 0 spiro atoms. The fraction of sp³-hybridized carbons (Fsp3) is 0.522. The number of carbonyl (C=O) groups excluding carboxylic acids is 1. The summed E-state index contributed by atoms with van der Waals surface area (Å²) in [6.45, 7) is 6.86. The number of piperidine rings is 1. The Morgan fingerprint density at radius 3 is 2.65 bits per heavy atom. The molecule has 168 valence electrons. The third-order valence-corrected chi connectivity index (χ3v) is 9.29. The number of likely N-dealkylation sites (tertiary alicyclic amines) is 1. The molecule has 2 aromatic rings. The smallest absolute Gasteiger partial charge is 0.262 e. The molecular weight excluding hydrogens is 430 g/mol. The zero-order chi connectivity index (χ0) is 21.8. The van der Waals surface area contributed by atoms with E-state index in [1.54, 1.807) is 11.4 Å². The molecule has 0 radical (unpaired) electrons. The summed E-state index contributed by atoms with van der Waals surface area (Å²) in [6, 6.07) is 9.50. The van der Waals surface area contributed by atoms with Gasteiger partial charge in [-0.25, -0.2) is 8.42 Å². The summed E-state index contributed by atoms with van der Waals surface area (Å²) in [7, 11) is -3.72. The number of amides is 1. The second-order valence-electron chi connectivity index (χ2n) is 8.60. The minimum Gasteiger partial charge on any atom is -0.351 e. The summed E-state index contributed by atoms with van der Waals surface area (Å²) < 4.78 is 28.1. The first-order valence-electron chi connectivity index (χ1n) is 11.1. The van der Waals surface area contributed by atoms with Crippen molar-refractivity contribution in [3.8, 4) is 0 Å². The molecule has 2 aliphatic heterocycles. The van der Waals surface area contributed by atoms with Crippen molar-refractivity contribution in [1.82, 2.24) is 14.5 Å². The summed E-state index contributed by atoms with van der Waals surface area (Å²) in [5.74, 6) is 0.516.